The summed E-state index contributed by atoms with van der Waals surface area (Å²) in [5.41, 5.74) is 6.33. The molecule has 0 spiro atoms. The first-order valence-electron chi connectivity index (χ1n) is 6.65. The zero-order valence-corrected chi connectivity index (χ0v) is 14.2. The fraction of sp³-hybridized carbons (Fsp3) is 0.500. The third-order valence-electron chi connectivity index (χ3n) is 3.42. The number of fused-ring (bicyclic) bond motifs is 1. The fourth-order valence-corrected chi connectivity index (χ4v) is 3.35. The predicted octanol–water partition coefficient (Wildman–Crippen LogP) is 0.647. The van der Waals surface area contributed by atoms with Crippen LogP contribution in [0.4, 0.5) is 5.95 Å². The number of carbonyl (C=O) groups is 1. The molecule has 1 aliphatic rings. The van der Waals surface area contributed by atoms with Crippen LogP contribution in [0.15, 0.2) is 6.33 Å². The van der Waals surface area contributed by atoms with Gasteiger partial charge in [0.2, 0.25) is 5.95 Å². The minimum absolute atomic E-state index is 0.0135. The number of hydrogen-bond acceptors (Lipinski definition) is 8. The molecule has 9 nitrogen and oxygen atoms in total. The third kappa shape index (κ3) is 2.87. The maximum atomic E-state index is 11.4. The molecule has 3 N–H and O–H groups in total. The summed E-state index contributed by atoms with van der Waals surface area (Å²) >= 11 is 9.40. The molecule has 0 unspecified atom stereocenters. The van der Waals surface area contributed by atoms with Crippen molar-refractivity contribution in [3.63, 3.8) is 0 Å². The van der Waals surface area contributed by atoms with Crippen LogP contribution in [-0.4, -0.2) is 54.2 Å². The summed E-state index contributed by atoms with van der Waals surface area (Å²) in [4.78, 5) is 23.1. The van der Waals surface area contributed by atoms with E-state index in [1.807, 2.05) is 0 Å². The number of esters is 1. The van der Waals surface area contributed by atoms with E-state index in [0.717, 1.165) is 0 Å². The largest absolute Gasteiger partial charge is 0.456 e. The number of hydrogen-bond donors (Lipinski definition) is 2. The van der Waals surface area contributed by atoms with E-state index in [9.17, 15) is 9.90 Å². The number of imidazole rings is 1. The lowest BCUT2D eigenvalue weighted by molar-refractivity contribution is -0.152. The molecule has 124 valence electrons. The molecule has 0 aliphatic carbocycles. The average molecular weight is 407 g/mol. The molecule has 0 amide bonds. The normalized spacial score (nSPS) is 27.5. The van der Waals surface area contributed by atoms with Crippen molar-refractivity contribution in [2.45, 2.75) is 30.2 Å². The number of anilines is 1. The minimum Gasteiger partial charge on any atom is -0.456 e. The number of aliphatic hydroxyl groups is 1. The summed E-state index contributed by atoms with van der Waals surface area (Å²) in [6.07, 6.45) is -0.532. The van der Waals surface area contributed by atoms with Crippen LogP contribution < -0.4 is 5.73 Å². The number of nitrogens with zero attached hydrogens (tertiary/aromatic N) is 4. The van der Waals surface area contributed by atoms with Gasteiger partial charge in [-0.2, -0.15) is 9.97 Å². The third-order valence-corrected chi connectivity index (χ3v) is 4.79. The molecule has 1 fully saturated rings. The number of aliphatic hydroxyl groups excluding tert-OH is 1. The highest BCUT2D eigenvalue weighted by molar-refractivity contribution is 9.09. The first-order valence-corrected chi connectivity index (χ1v) is 7.95. The fourth-order valence-electron chi connectivity index (χ4n) is 2.47. The van der Waals surface area contributed by atoms with E-state index in [0.29, 0.717) is 11.2 Å². The standard InChI is InChI=1S/C12H13BrClN5O4/c1-4(21)22-8-6(13)5(2-20)23-11(8)19-3-16-7-9(14)17-12(15)18-10(7)19/h3,5-6,8,11,20H,2H2,1H3,(H2,15,17,18)/t5-,6+,8-,11-/m1/s1. The number of rotatable bonds is 3. The molecule has 23 heavy (non-hydrogen) atoms. The number of nitrogen functional groups attached to an aromatic ring is 1. The molecule has 3 rings (SSSR count). The molecular formula is C12H13BrClN5O4. The summed E-state index contributed by atoms with van der Waals surface area (Å²) in [7, 11) is 0. The summed E-state index contributed by atoms with van der Waals surface area (Å²) in [6.45, 7) is 1.06. The van der Waals surface area contributed by atoms with E-state index in [2.05, 4.69) is 30.9 Å². The Kier molecular flexibility index (Phi) is 4.41. The van der Waals surface area contributed by atoms with Crippen molar-refractivity contribution in [2.24, 2.45) is 0 Å². The van der Waals surface area contributed by atoms with Crippen LogP contribution in [0, 0.1) is 0 Å². The van der Waals surface area contributed by atoms with Gasteiger partial charge in [0.05, 0.1) is 23.9 Å². The second kappa shape index (κ2) is 6.19. The molecule has 2 aromatic rings. The Morgan fingerprint density at radius 2 is 2.35 bits per heavy atom. The maximum Gasteiger partial charge on any atom is 0.303 e. The lowest BCUT2D eigenvalue weighted by Gasteiger charge is -2.21. The molecule has 3 heterocycles. The van der Waals surface area contributed by atoms with Crippen LogP contribution in [0.5, 0.6) is 0 Å². The molecule has 0 saturated carbocycles. The Labute approximate surface area is 143 Å². The molecule has 0 radical (unpaired) electrons. The Balaban J connectivity index is 2.06. The predicted molar refractivity (Wildman–Crippen MR) is 84.0 cm³/mol. The first-order chi connectivity index (χ1) is 10.9. The molecule has 1 saturated heterocycles. The molecule has 0 bridgehead atoms. The van der Waals surface area contributed by atoms with Crippen LogP contribution in [0.3, 0.4) is 0 Å². The zero-order chi connectivity index (χ0) is 16.7. The molecule has 1 aliphatic heterocycles. The Morgan fingerprint density at radius 1 is 1.61 bits per heavy atom. The van der Waals surface area contributed by atoms with Crippen LogP contribution in [-0.2, 0) is 14.3 Å². The van der Waals surface area contributed by atoms with E-state index in [1.165, 1.54) is 13.3 Å². The zero-order valence-electron chi connectivity index (χ0n) is 11.9. The average Bonchev–Trinajstić information content (AvgIpc) is 3.01. The van der Waals surface area contributed by atoms with Gasteiger partial charge in [0.25, 0.3) is 0 Å². The monoisotopic (exact) mass is 405 g/mol. The SMILES string of the molecule is CC(=O)O[C@@H]1[C@@H](Br)[C@@H](CO)O[C@H]1n1cnc2c(Cl)nc(N)nc21. The minimum atomic E-state index is -0.740. The number of ether oxygens (including phenoxy) is 2. The van der Waals surface area contributed by atoms with Crippen LogP contribution >= 0.6 is 27.5 Å². The Morgan fingerprint density at radius 3 is 3.00 bits per heavy atom. The van der Waals surface area contributed by atoms with Gasteiger partial charge in [0.15, 0.2) is 23.1 Å². The van der Waals surface area contributed by atoms with Crippen LogP contribution in [0.2, 0.25) is 5.15 Å². The van der Waals surface area contributed by atoms with Gasteiger partial charge in [-0.05, 0) is 0 Å². The summed E-state index contributed by atoms with van der Waals surface area (Å²) < 4.78 is 12.6. The van der Waals surface area contributed by atoms with Crippen molar-refractivity contribution in [3.8, 4) is 0 Å². The highest BCUT2D eigenvalue weighted by atomic mass is 79.9. The number of nitrogens with two attached hydrogens (primary N) is 1. The number of carbonyl (C=O) groups excluding carboxylic acids is 1. The topological polar surface area (TPSA) is 125 Å². The second-order valence-corrected chi connectivity index (χ2v) is 6.38. The van der Waals surface area contributed by atoms with Crippen molar-refractivity contribution in [3.05, 3.63) is 11.5 Å². The van der Waals surface area contributed by atoms with Crippen LogP contribution in [0.1, 0.15) is 13.2 Å². The van der Waals surface area contributed by atoms with Crippen molar-refractivity contribution in [1.82, 2.24) is 19.5 Å². The Bertz CT molecular complexity index is 756. The van der Waals surface area contributed by atoms with Crippen molar-refractivity contribution < 1.29 is 19.4 Å². The summed E-state index contributed by atoms with van der Waals surface area (Å²) in [5.74, 6) is -0.483. The molecule has 4 atom stereocenters. The van der Waals surface area contributed by atoms with E-state index in [-0.39, 0.29) is 17.7 Å². The molecule has 11 heteroatoms. The van der Waals surface area contributed by atoms with Gasteiger partial charge in [-0.3, -0.25) is 9.36 Å². The van der Waals surface area contributed by atoms with E-state index in [1.54, 1.807) is 4.57 Å². The smallest absolute Gasteiger partial charge is 0.303 e. The van der Waals surface area contributed by atoms with Gasteiger partial charge in [-0.1, -0.05) is 27.5 Å². The maximum absolute atomic E-state index is 11.4. The van der Waals surface area contributed by atoms with Gasteiger partial charge in [0.1, 0.15) is 5.52 Å². The molecular weight excluding hydrogens is 394 g/mol. The number of halogens is 2. The van der Waals surface area contributed by atoms with Gasteiger partial charge >= 0.3 is 5.97 Å². The highest BCUT2D eigenvalue weighted by Gasteiger charge is 2.46. The van der Waals surface area contributed by atoms with Gasteiger partial charge in [-0.15, -0.1) is 0 Å². The van der Waals surface area contributed by atoms with Crippen molar-refractivity contribution >= 4 is 50.6 Å². The van der Waals surface area contributed by atoms with Crippen molar-refractivity contribution in [1.29, 1.82) is 0 Å². The number of alkyl halides is 1. The lowest BCUT2D eigenvalue weighted by atomic mass is 10.2. The molecule has 0 aromatic carbocycles. The van der Waals surface area contributed by atoms with Gasteiger partial charge in [-0.25, -0.2) is 4.98 Å². The van der Waals surface area contributed by atoms with Crippen molar-refractivity contribution in [2.75, 3.05) is 12.3 Å². The van der Waals surface area contributed by atoms with Gasteiger partial charge in [0, 0.05) is 6.92 Å². The van der Waals surface area contributed by atoms with Crippen LogP contribution in [0.25, 0.3) is 11.2 Å². The highest BCUT2D eigenvalue weighted by Crippen LogP contribution is 2.37. The van der Waals surface area contributed by atoms with Gasteiger partial charge < -0.3 is 20.3 Å². The van der Waals surface area contributed by atoms with E-state index < -0.39 is 29.2 Å². The number of aromatic nitrogens is 4. The quantitative estimate of drug-likeness (QED) is 0.432. The summed E-state index contributed by atoms with van der Waals surface area (Å²) in [6, 6.07) is 0. The van der Waals surface area contributed by atoms with E-state index in [4.69, 9.17) is 26.8 Å². The summed E-state index contributed by atoms with van der Waals surface area (Å²) in [5, 5.41) is 9.53. The lowest BCUT2D eigenvalue weighted by Crippen LogP contribution is -2.32. The second-order valence-electron chi connectivity index (χ2n) is 4.96. The first kappa shape index (κ1) is 16.4. The van der Waals surface area contributed by atoms with E-state index >= 15 is 0 Å². The molecule has 2 aromatic heterocycles. The Hall–Kier alpha value is -1.49.